The summed E-state index contributed by atoms with van der Waals surface area (Å²) >= 11 is 0. The second kappa shape index (κ2) is 8.46. The highest BCUT2D eigenvalue weighted by Crippen LogP contribution is 2.47. The zero-order valence-corrected chi connectivity index (χ0v) is 16.3. The fourth-order valence-electron chi connectivity index (χ4n) is 5.37. The number of ether oxygens (including phenoxy) is 1. The maximum absolute atomic E-state index is 13.1. The molecule has 2 atom stereocenters. The molecule has 0 radical (unpaired) electrons. The molecule has 1 aliphatic carbocycles. The molecule has 1 saturated carbocycles. The van der Waals surface area contributed by atoms with Crippen LogP contribution in [0.15, 0.2) is 60.7 Å². The van der Waals surface area contributed by atoms with Crippen molar-refractivity contribution in [1.82, 2.24) is 4.90 Å². The molecule has 0 spiro atoms. The summed E-state index contributed by atoms with van der Waals surface area (Å²) < 4.78 is 5.57. The minimum Gasteiger partial charge on any atom is -0.480 e. The quantitative estimate of drug-likeness (QED) is 0.855. The summed E-state index contributed by atoms with van der Waals surface area (Å²) in [5, 5.41) is 10.8. The summed E-state index contributed by atoms with van der Waals surface area (Å²) in [7, 11) is 0. The summed E-state index contributed by atoms with van der Waals surface area (Å²) in [6.45, 7) is 3.25. The number of rotatable bonds is 5. The van der Waals surface area contributed by atoms with Gasteiger partial charge >= 0.3 is 5.97 Å². The Morgan fingerprint density at radius 2 is 1.43 bits per heavy atom. The molecule has 28 heavy (non-hydrogen) atoms. The van der Waals surface area contributed by atoms with Crippen LogP contribution in [0.25, 0.3) is 0 Å². The average Bonchev–Trinajstić information content (AvgIpc) is 2.77. The molecule has 1 N–H and O–H groups in total. The predicted molar refractivity (Wildman–Crippen MR) is 109 cm³/mol. The Labute approximate surface area is 167 Å². The Kier molecular flexibility index (Phi) is 5.79. The third kappa shape index (κ3) is 3.36. The number of hydrogen-bond donors (Lipinski definition) is 1. The van der Waals surface area contributed by atoms with Crippen molar-refractivity contribution in [2.45, 2.75) is 37.1 Å². The molecule has 2 fully saturated rings. The van der Waals surface area contributed by atoms with Crippen LogP contribution >= 0.6 is 0 Å². The number of benzene rings is 2. The maximum atomic E-state index is 13.1. The molecule has 4 nitrogen and oxygen atoms in total. The van der Waals surface area contributed by atoms with Crippen LogP contribution in [0.5, 0.6) is 0 Å². The predicted octanol–water partition coefficient (Wildman–Crippen LogP) is 3.95. The van der Waals surface area contributed by atoms with Gasteiger partial charge in [0.25, 0.3) is 0 Å². The molecule has 0 amide bonds. The van der Waals surface area contributed by atoms with Gasteiger partial charge in [-0.1, -0.05) is 73.5 Å². The number of carboxylic acids is 1. The highest BCUT2D eigenvalue weighted by atomic mass is 16.5. The molecule has 148 valence electrons. The number of morpholine rings is 1. The number of aliphatic carboxylic acids is 1. The molecule has 2 unspecified atom stereocenters. The zero-order chi connectivity index (χ0) is 19.4. The van der Waals surface area contributed by atoms with Gasteiger partial charge in [0.2, 0.25) is 0 Å². The van der Waals surface area contributed by atoms with Gasteiger partial charge in [0.05, 0.1) is 13.2 Å². The van der Waals surface area contributed by atoms with Gasteiger partial charge in [-0.2, -0.15) is 0 Å². The standard InChI is InChI=1S/C24H29NO3/c26-23(27)24(19-9-3-1-4-10-19,20-11-5-2-6-12-20)21-13-7-8-14-22(21)25-15-17-28-18-16-25/h1-6,9-12,21-22H,7-8,13-18H2,(H,26,27). The second-order valence-corrected chi connectivity index (χ2v) is 7.95. The van der Waals surface area contributed by atoms with Crippen molar-refractivity contribution >= 4 is 5.97 Å². The normalized spacial score (nSPS) is 24.0. The molecule has 4 heteroatoms. The van der Waals surface area contributed by atoms with Gasteiger partial charge in [-0.3, -0.25) is 9.69 Å². The minimum absolute atomic E-state index is 0.0293. The molecule has 0 bridgehead atoms. The van der Waals surface area contributed by atoms with Crippen LogP contribution in [0.3, 0.4) is 0 Å². The Morgan fingerprint density at radius 3 is 1.96 bits per heavy atom. The van der Waals surface area contributed by atoms with Crippen molar-refractivity contribution in [3.8, 4) is 0 Å². The molecule has 0 aromatic heterocycles. The summed E-state index contributed by atoms with van der Waals surface area (Å²) in [5.41, 5.74) is 0.740. The number of nitrogens with zero attached hydrogens (tertiary/aromatic N) is 1. The number of carboxylic acid groups (broad SMARTS) is 1. The van der Waals surface area contributed by atoms with E-state index in [1.54, 1.807) is 0 Å². The fourth-order valence-corrected chi connectivity index (χ4v) is 5.37. The average molecular weight is 380 g/mol. The van der Waals surface area contributed by atoms with Crippen LogP contribution in [0.1, 0.15) is 36.8 Å². The Bertz CT molecular complexity index is 731. The summed E-state index contributed by atoms with van der Waals surface area (Å²) in [5.74, 6) is -0.711. The number of carbonyl (C=O) groups is 1. The lowest BCUT2D eigenvalue weighted by Crippen LogP contribution is -2.57. The molecule has 2 aliphatic rings. The molecule has 1 aliphatic heterocycles. The van der Waals surface area contributed by atoms with Gasteiger partial charge in [-0.15, -0.1) is 0 Å². The Balaban J connectivity index is 1.87. The van der Waals surface area contributed by atoms with E-state index in [-0.39, 0.29) is 12.0 Å². The van der Waals surface area contributed by atoms with Crippen molar-refractivity contribution in [3.63, 3.8) is 0 Å². The zero-order valence-electron chi connectivity index (χ0n) is 16.3. The Hall–Kier alpha value is -2.17. The van der Waals surface area contributed by atoms with Gasteiger partial charge in [-0.05, 0) is 29.9 Å². The lowest BCUT2D eigenvalue weighted by Gasteiger charge is -2.49. The fraction of sp³-hybridized carbons (Fsp3) is 0.458. The van der Waals surface area contributed by atoms with E-state index in [4.69, 9.17) is 4.74 Å². The van der Waals surface area contributed by atoms with Crippen molar-refractivity contribution < 1.29 is 14.6 Å². The molecule has 2 aromatic rings. The van der Waals surface area contributed by atoms with E-state index < -0.39 is 11.4 Å². The highest BCUT2D eigenvalue weighted by Gasteiger charge is 2.53. The molecule has 1 saturated heterocycles. The first-order chi connectivity index (χ1) is 13.7. The first-order valence-corrected chi connectivity index (χ1v) is 10.4. The van der Waals surface area contributed by atoms with Crippen LogP contribution in [-0.4, -0.2) is 48.3 Å². The maximum Gasteiger partial charge on any atom is 0.318 e. The molecule has 1 heterocycles. The lowest BCUT2D eigenvalue weighted by atomic mass is 9.59. The van der Waals surface area contributed by atoms with Crippen molar-refractivity contribution in [2.75, 3.05) is 26.3 Å². The van der Waals surface area contributed by atoms with E-state index in [1.807, 2.05) is 60.7 Å². The van der Waals surface area contributed by atoms with Crippen LogP contribution in [-0.2, 0) is 14.9 Å². The smallest absolute Gasteiger partial charge is 0.318 e. The minimum atomic E-state index is -1.04. The van der Waals surface area contributed by atoms with E-state index in [0.717, 1.165) is 63.1 Å². The largest absolute Gasteiger partial charge is 0.480 e. The second-order valence-electron chi connectivity index (χ2n) is 7.95. The van der Waals surface area contributed by atoms with Crippen molar-refractivity contribution in [1.29, 1.82) is 0 Å². The number of hydrogen-bond acceptors (Lipinski definition) is 3. The van der Waals surface area contributed by atoms with Crippen LogP contribution in [0.2, 0.25) is 0 Å². The van der Waals surface area contributed by atoms with E-state index in [2.05, 4.69) is 4.90 Å². The van der Waals surface area contributed by atoms with E-state index in [1.165, 1.54) is 0 Å². The Morgan fingerprint density at radius 1 is 0.893 bits per heavy atom. The van der Waals surface area contributed by atoms with Crippen molar-refractivity contribution in [2.24, 2.45) is 5.92 Å². The summed E-state index contributed by atoms with van der Waals surface area (Å²) in [6, 6.07) is 20.0. The van der Waals surface area contributed by atoms with Crippen LogP contribution in [0.4, 0.5) is 0 Å². The molecular formula is C24H29NO3. The highest BCUT2D eigenvalue weighted by molar-refractivity contribution is 5.86. The van der Waals surface area contributed by atoms with Gasteiger partial charge in [0.15, 0.2) is 0 Å². The third-order valence-electron chi connectivity index (χ3n) is 6.60. The lowest BCUT2D eigenvalue weighted by molar-refractivity contribution is -0.146. The molecular weight excluding hydrogens is 350 g/mol. The first-order valence-electron chi connectivity index (χ1n) is 10.4. The van der Waals surface area contributed by atoms with E-state index in [0.29, 0.717) is 0 Å². The van der Waals surface area contributed by atoms with Gasteiger partial charge in [0, 0.05) is 19.1 Å². The monoisotopic (exact) mass is 379 g/mol. The van der Waals surface area contributed by atoms with Crippen molar-refractivity contribution in [3.05, 3.63) is 71.8 Å². The van der Waals surface area contributed by atoms with Gasteiger partial charge in [-0.25, -0.2) is 0 Å². The van der Waals surface area contributed by atoms with Gasteiger partial charge < -0.3 is 9.84 Å². The molecule has 4 rings (SSSR count). The summed E-state index contributed by atoms with van der Waals surface area (Å²) in [6.07, 6.45) is 4.23. The molecule has 2 aromatic carbocycles. The first kappa shape index (κ1) is 19.2. The SMILES string of the molecule is O=C(O)C(c1ccccc1)(c1ccccc1)C1CCCCC1N1CCOCC1. The topological polar surface area (TPSA) is 49.8 Å². The van der Waals surface area contributed by atoms with E-state index >= 15 is 0 Å². The van der Waals surface area contributed by atoms with Crippen LogP contribution < -0.4 is 0 Å². The summed E-state index contributed by atoms with van der Waals surface area (Å²) in [4.78, 5) is 15.6. The van der Waals surface area contributed by atoms with Gasteiger partial charge in [0.1, 0.15) is 5.41 Å². The third-order valence-corrected chi connectivity index (χ3v) is 6.60. The van der Waals surface area contributed by atoms with E-state index in [9.17, 15) is 9.90 Å². The van der Waals surface area contributed by atoms with Crippen LogP contribution in [0, 0.1) is 5.92 Å².